The number of halogens is 1. The number of ether oxygens (including phenoxy) is 1. The average molecular weight is 467 g/mol. The number of hydrogen-bond acceptors (Lipinski definition) is 6. The maximum atomic E-state index is 13.2. The van der Waals surface area contributed by atoms with Crippen molar-refractivity contribution in [3.05, 3.63) is 59.9 Å². The molecule has 2 unspecified atom stereocenters. The highest BCUT2D eigenvalue weighted by molar-refractivity contribution is 7.89. The Labute approximate surface area is 188 Å². The summed E-state index contributed by atoms with van der Waals surface area (Å²) in [5, 5.41) is 22.8. The van der Waals surface area contributed by atoms with E-state index in [1.54, 1.807) is 24.3 Å². The summed E-state index contributed by atoms with van der Waals surface area (Å²) in [6, 6.07) is 12.0. The van der Waals surface area contributed by atoms with Crippen LogP contribution >= 0.6 is 0 Å². The van der Waals surface area contributed by atoms with Gasteiger partial charge in [-0.3, -0.25) is 0 Å². The standard InChI is InChI=1S/C23H31FN2O5S/c1-31-21-8-10-22(11-9-21)32(29,30)25-14-2-12-23(27)13-3-15-26(28)20(17-23)16-18-4-6-19(24)7-5-18/h4-11,20,25,27-28H,2-3,12-17H2,1H3. The van der Waals surface area contributed by atoms with Crippen molar-refractivity contribution in [2.45, 2.75) is 55.1 Å². The van der Waals surface area contributed by atoms with Gasteiger partial charge in [0.1, 0.15) is 11.6 Å². The third-order valence-electron chi connectivity index (χ3n) is 5.93. The van der Waals surface area contributed by atoms with Gasteiger partial charge < -0.3 is 15.1 Å². The number of rotatable bonds is 9. The molecule has 1 saturated heterocycles. The van der Waals surface area contributed by atoms with Gasteiger partial charge in [-0.25, -0.2) is 17.5 Å². The minimum absolute atomic E-state index is 0.154. The molecule has 1 heterocycles. The van der Waals surface area contributed by atoms with E-state index in [0.717, 1.165) is 5.56 Å². The third-order valence-corrected chi connectivity index (χ3v) is 7.41. The summed E-state index contributed by atoms with van der Waals surface area (Å²) in [6.45, 7) is 0.639. The van der Waals surface area contributed by atoms with Gasteiger partial charge in [-0.05, 0) is 80.5 Å². The fraction of sp³-hybridized carbons (Fsp3) is 0.478. The molecule has 1 aliphatic rings. The number of nitrogens with one attached hydrogen (secondary N) is 1. The largest absolute Gasteiger partial charge is 0.497 e. The lowest BCUT2D eigenvalue weighted by Gasteiger charge is -2.31. The van der Waals surface area contributed by atoms with E-state index in [2.05, 4.69) is 4.72 Å². The Kier molecular flexibility index (Phi) is 8.24. The van der Waals surface area contributed by atoms with E-state index in [9.17, 15) is 23.1 Å². The van der Waals surface area contributed by atoms with Gasteiger partial charge in [-0.15, -0.1) is 0 Å². The lowest BCUT2D eigenvalue weighted by atomic mass is 9.85. The quantitative estimate of drug-likeness (QED) is 0.491. The molecule has 2 aromatic carbocycles. The molecule has 1 aliphatic heterocycles. The van der Waals surface area contributed by atoms with Crippen LogP contribution in [0.25, 0.3) is 0 Å². The van der Waals surface area contributed by atoms with Crippen LogP contribution in [0.4, 0.5) is 4.39 Å². The van der Waals surface area contributed by atoms with Crippen LogP contribution in [-0.4, -0.2) is 55.6 Å². The second kappa shape index (κ2) is 10.7. The predicted octanol–water partition coefficient (Wildman–Crippen LogP) is 3.11. The number of hydroxylamine groups is 2. The summed E-state index contributed by atoms with van der Waals surface area (Å²) in [4.78, 5) is 0.154. The number of methoxy groups -OCH3 is 1. The maximum Gasteiger partial charge on any atom is 0.240 e. The monoisotopic (exact) mass is 466 g/mol. The predicted molar refractivity (Wildman–Crippen MR) is 119 cm³/mol. The zero-order valence-corrected chi connectivity index (χ0v) is 19.0. The summed E-state index contributed by atoms with van der Waals surface area (Å²) >= 11 is 0. The van der Waals surface area contributed by atoms with E-state index in [0.29, 0.717) is 50.8 Å². The molecule has 2 aromatic rings. The molecule has 0 amide bonds. The van der Waals surface area contributed by atoms with E-state index >= 15 is 0 Å². The van der Waals surface area contributed by atoms with Gasteiger partial charge in [0.25, 0.3) is 0 Å². The van der Waals surface area contributed by atoms with Crippen LogP contribution in [-0.2, 0) is 16.4 Å². The zero-order chi connectivity index (χ0) is 23.2. The number of aliphatic hydroxyl groups is 1. The fourth-order valence-electron chi connectivity index (χ4n) is 4.16. The first-order valence-electron chi connectivity index (χ1n) is 10.8. The summed E-state index contributed by atoms with van der Waals surface area (Å²) in [6.07, 6.45) is 2.86. The molecule has 0 bridgehead atoms. The molecule has 7 nitrogen and oxygen atoms in total. The van der Waals surface area contributed by atoms with Crippen molar-refractivity contribution in [1.82, 2.24) is 9.79 Å². The number of nitrogens with zero attached hydrogens (tertiary/aromatic N) is 1. The van der Waals surface area contributed by atoms with Crippen molar-refractivity contribution < 1.29 is 27.9 Å². The lowest BCUT2D eigenvalue weighted by Crippen LogP contribution is -2.39. The Balaban J connectivity index is 1.55. The Hall–Kier alpha value is -2.04. The van der Waals surface area contributed by atoms with Crippen LogP contribution in [0.1, 0.15) is 37.7 Å². The molecule has 0 radical (unpaired) electrons. The van der Waals surface area contributed by atoms with Crippen LogP contribution in [0.3, 0.4) is 0 Å². The van der Waals surface area contributed by atoms with Crippen molar-refractivity contribution in [3.8, 4) is 5.75 Å². The normalized spacial score (nSPS) is 22.4. The van der Waals surface area contributed by atoms with E-state index in [-0.39, 0.29) is 23.3 Å². The molecule has 0 spiro atoms. The van der Waals surface area contributed by atoms with Crippen molar-refractivity contribution in [3.63, 3.8) is 0 Å². The molecule has 32 heavy (non-hydrogen) atoms. The third kappa shape index (κ3) is 6.73. The number of sulfonamides is 1. The Morgan fingerprint density at radius 2 is 1.88 bits per heavy atom. The zero-order valence-electron chi connectivity index (χ0n) is 18.2. The van der Waals surface area contributed by atoms with Crippen molar-refractivity contribution in [2.24, 2.45) is 0 Å². The number of hydrogen-bond donors (Lipinski definition) is 3. The van der Waals surface area contributed by atoms with Crippen LogP contribution < -0.4 is 9.46 Å². The number of benzene rings is 2. The van der Waals surface area contributed by atoms with Crippen LogP contribution in [0, 0.1) is 5.82 Å². The molecule has 9 heteroatoms. The molecular weight excluding hydrogens is 435 g/mol. The van der Waals surface area contributed by atoms with Gasteiger partial charge in [0.2, 0.25) is 10.0 Å². The first kappa shape index (κ1) is 24.6. The van der Waals surface area contributed by atoms with Crippen molar-refractivity contribution in [1.29, 1.82) is 0 Å². The maximum absolute atomic E-state index is 13.2. The molecule has 2 atom stereocenters. The highest BCUT2D eigenvalue weighted by Gasteiger charge is 2.35. The minimum atomic E-state index is -3.65. The summed E-state index contributed by atoms with van der Waals surface area (Å²) in [7, 11) is -2.13. The second-order valence-corrected chi connectivity index (χ2v) is 10.1. The van der Waals surface area contributed by atoms with Crippen LogP contribution in [0.2, 0.25) is 0 Å². The average Bonchev–Trinajstić information content (AvgIpc) is 2.91. The topological polar surface area (TPSA) is 99.1 Å². The van der Waals surface area contributed by atoms with Crippen LogP contribution in [0.15, 0.2) is 53.4 Å². The van der Waals surface area contributed by atoms with Gasteiger partial charge in [0, 0.05) is 19.1 Å². The van der Waals surface area contributed by atoms with Gasteiger partial charge in [0.15, 0.2) is 0 Å². The van der Waals surface area contributed by atoms with Crippen molar-refractivity contribution in [2.75, 3.05) is 20.2 Å². The smallest absolute Gasteiger partial charge is 0.240 e. The summed E-state index contributed by atoms with van der Waals surface area (Å²) in [5.74, 6) is 0.261. The molecule has 3 N–H and O–H groups in total. The molecule has 3 rings (SSSR count). The van der Waals surface area contributed by atoms with E-state index in [1.165, 1.54) is 36.4 Å². The molecule has 0 aromatic heterocycles. The molecule has 0 saturated carbocycles. The van der Waals surface area contributed by atoms with Crippen LogP contribution in [0.5, 0.6) is 5.75 Å². The fourth-order valence-corrected chi connectivity index (χ4v) is 5.23. The Morgan fingerprint density at radius 1 is 1.19 bits per heavy atom. The van der Waals surface area contributed by atoms with Crippen molar-refractivity contribution >= 4 is 10.0 Å². The summed E-state index contributed by atoms with van der Waals surface area (Å²) < 4.78 is 45.7. The lowest BCUT2D eigenvalue weighted by molar-refractivity contribution is -0.132. The van der Waals surface area contributed by atoms with E-state index < -0.39 is 15.6 Å². The molecule has 176 valence electrons. The highest BCUT2D eigenvalue weighted by atomic mass is 32.2. The SMILES string of the molecule is COc1ccc(S(=O)(=O)NCCCC2(O)CCCN(O)C(Cc3ccc(F)cc3)C2)cc1. The van der Waals surface area contributed by atoms with Gasteiger partial charge >= 0.3 is 0 Å². The Bertz CT molecular complexity index is 969. The van der Waals surface area contributed by atoms with Gasteiger partial charge in [-0.2, -0.15) is 5.06 Å². The first-order valence-corrected chi connectivity index (χ1v) is 12.3. The molecular formula is C23H31FN2O5S. The van der Waals surface area contributed by atoms with Gasteiger partial charge in [0.05, 0.1) is 17.6 Å². The summed E-state index contributed by atoms with van der Waals surface area (Å²) in [5.41, 5.74) is -0.125. The molecule has 1 fully saturated rings. The van der Waals surface area contributed by atoms with Gasteiger partial charge in [-0.1, -0.05) is 12.1 Å². The second-order valence-electron chi connectivity index (χ2n) is 8.36. The Morgan fingerprint density at radius 3 is 2.53 bits per heavy atom. The minimum Gasteiger partial charge on any atom is -0.497 e. The van der Waals surface area contributed by atoms with E-state index in [4.69, 9.17) is 4.74 Å². The molecule has 0 aliphatic carbocycles. The van der Waals surface area contributed by atoms with E-state index in [1.807, 2.05) is 0 Å². The first-order chi connectivity index (χ1) is 15.2. The highest BCUT2D eigenvalue weighted by Crippen LogP contribution is 2.31.